The van der Waals surface area contributed by atoms with Crippen molar-refractivity contribution in [1.82, 2.24) is 4.31 Å². The first-order valence-electron chi connectivity index (χ1n) is 7.83. The Balaban J connectivity index is 2.03. The van der Waals surface area contributed by atoms with Gasteiger partial charge < -0.3 is 0 Å². The first kappa shape index (κ1) is 17.3. The van der Waals surface area contributed by atoms with E-state index < -0.39 is 26.8 Å². The molecule has 0 bridgehead atoms. The maximum atomic E-state index is 13.0. The van der Waals surface area contributed by atoms with Crippen LogP contribution < -0.4 is 0 Å². The van der Waals surface area contributed by atoms with Gasteiger partial charge in [-0.3, -0.25) is 4.79 Å². The maximum Gasteiger partial charge on any atom is 0.201 e. The van der Waals surface area contributed by atoms with E-state index >= 15 is 0 Å². The molecule has 0 amide bonds. The SMILES string of the molecule is CC(C)(C)S(=O)N1[C@H](c2ccccc2)[C@@]1(Cl)C(=O)c1ccccc1. The van der Waals surface area contributed by atoms with E-state index in [0.717, 1.165) is 5.56 Å². The lowest BCUT2D eigenvalue weighted by Crippen LogP contribution is -2.33. The van der Waals surface area contributed by atoms with Crippen LogP contribution in [0.4, 0.5) is 0 Å². The molecule has 0 aromatic heterocycles. The van der Waals surface area contributed by atoms with Crippen LogP contribution >= 0.6 is 11.6 Å². The number of hydrogen-bond acceptors (Lipinski definition) is 2. The van der Waals surface area contributed by atoms with E-state index in [1.807, 2.05) is 57.2 Å². The Morgan fingerprint density at radius 2 is 1.54 bits per heavy atom. The Hall–Kier alpha value is -1.49. The number of halogens is 1. The summed E-state index contributed by atoms with van der Waals surface area (Å²) in [6.07, 6.45) is 0. The first-order chi connectivity index (χ1) is 11.3. The molecule has 1 aliphatic heterocycles. The third-order valence-electron chi connectivity index (χ3n) is 4.02. The largest absolute Gasteiger partial charge is 0.291 e. The number of benzene rings is 2. The zero-order chi connectivity index (χ0) is 17.5. The minimum Gasteiger partial charge on any atom is -0.291 e. The molecule has 2 unspecified atom stereocenters. The molecule has 2 aromatic rings. The molecule has 2 aromatic carbocycles. The normalized spacial score (nSPS) is 27.5. The fraction of sp³-hybridized carbons (Fsp3) is 0.316. The summed E-state index contributed by atoms with van der Waals surface area (Å²) < 4.78 is 14.1. The summed E-state index contributed by atoms with van der Waals surface area (Å²) in [5.74, 6) is -0.212. The number of ketones is 1. The average Bonchev–Trinajstić information content (AvgIpc) is 3.21. The zero-order valence-corrected chi connectivity index (χ0v) is 15.5. The predicted molar refractivity (Wildman–Crippen MR) is 98.3 cm³/mol. The molecule has 1 aliphatic rings. The molecule has 0 aliphatic carbocycles. The van der Waals surface area contributed by atoms with Crippen LogP contribution in [0.25, 0.3) is 0 Å². The van der Waals surface area contributed by atoms with E-state index in [0.29, 0.717) is 5.56 Å². The lowest BCUT2D eigenvalue weighted by Gasteiger charge is -2.20. The molecule has 3 nitrogen and oxygen atoms in total. The molecule has 3 rings (SSSR count). The van der Waals surface area contributed by atoms with Crippen molar-refractivity contribution in [2.75, 3.05) is 0 Å². The van der Waals surface area contributed by atoms with Crippen molar-refractivity contribution < 1.29 is 9.00 Å². The van der Waals surface area contributed by atoms with E-state index in [1.165, 1.54) is 0 Å². The summed E-state index contributed by atoms with van der Waals surface area (Å²) in [7, 11) is -1.39. The number of carbonyl (C=O) groups excluding carboxylic acids is 1. The van der Waals surface area contributed by atoms with Crippen molar-refractivity contribution in [1.29, 1.82) is 0 Å². The van der Waals surface area contributed by atoms with Crippen LogP contribution in [0.3, 0.4) is 0 Å². The van der Waals surface area contributed by atoms with Gasteiger partial charge in [0.15, 0.2) is 5.00 Å². The molecule has 1 heterocycles. The molecule has 0 saturated carbocycles. The van der Waals surface area contributed by atoms with Gasteiger partial charge in [-0.2, -0.15) is 4.31 Å². The summed E-state index contributed by atoms with van der Waals surface area (Å²) in [6.45, 7) is 5.65. The molecule has 0 radical (unpaired) electrons. The predicted octanol–water partition coefficient (Wildman–Crippen LogP) is 4.32. The highest BCUT2D eigenvalue weighted by molar-refractivity contribution is 7.84. The molecule has 1 saturated heterocycles. The van der Waals surface area contributed by atoms with Crippen LogP contribution in [0.15, 0.2) is 60.7 Å². The van der Waals surface area contributed by atoms with E-state index in [4.69, 9.17) is 11.6 Å². The van der Waals surface area contributed by atoms with Gasteiger partial charge in [-0.1, -0.05) is 72.3 Å². The summed E-state index contributed by atoms with van der Waals surface area (Å²) >= 11 is 6.78. The lowest BCUT2D eigenvalue weighted by atomic mass is 10.0. The highest BCUT2D eigenvalue weighted by Gasteiger charge is 2.71. The van der Waals surface area contributed by atoms with Gasteiger partial charge in [0.05, 0.1) is 10.8 Å². The number of nitrogens with zero attached hydrogens (tertiary/aromatic N) is 1. The third kappa shape index (κ3) is 2.83. The first-order valence-corrected chi connectivity index (χ1v) is 9.31. The van der Waals surface area contributed by atoms with Crippen LogP contribution in [-0.2, 0) is 11.0 Å². The summed E-state index contributed by atoms with van der Waals surface area (Å²) in [6, 6.07) is 18.1. The molecule has 0 spiro atoms. The molecule has 126 valence electrons. The van der Waals surface area contributed by atoms with Crippen LogP contribution in [-0.4, -0.2) is 24.0 Å². The Morgan fingerprint density at radius 3 is 2.04 bits per heavy atom. The molecular weight excluding hydrogens is 342 g/mol. The minimum absolute atomic E-state index is 0.212. The number of carbonyl (C=O) groups is 1. The van der Waals surface area contributed by atoms with E-state index in [1.54, 1.807) is 28.6 Å². The smallest absolute Gasteiger partial charge is 0.201 e. The molecule has 4 atom stereocenters. The topological polar surface area (TPSA) is 37.1 Å². The van der Waals surface area contributed by atoms with Crippen LogP contribution in [0.2, 0.25) is 0 Å². The van der Waals surface area contributed by atoms with Gasteiger partial charge in [0, 0.05) is 5.56 Å². The van der Waals surface area contributed by atoms with Crippen molar-refractivity contribution in [3.05, 3.63) is 71.8 Å². The molecule has 24 heavy (non-hydrogen) atoms. The highest BCUT2D eigenvalue weighted by Crippen LogP contribution is 2.60. The fourth-order valence-corrected chi connectivity index (χ4v) is 4.83. The Morgan fingerprint density at radius 1 is 1.04 bits per heavy atom. The van der Waals surface area contributed by atoms with Gasteiger partial charge in [-0.05, 0) is 26.3 Å². The summed E-state index contributed by atoms with van der Waals surface area (Å²) in [5, 5.41) is 0. The monoisotopic (exact) mass is 361 g/mol. The van der Waals surface area contributed by atoms with Crippen molar-refractivity contribution in [2.24, 2.45) is 0 Å². The summed E-state index contributed by atoms with van der Waals surface area (Å²) in [4.78, 5) is 11.7. The standard InChI is InChI=1S/C19H20ClNO2S/c1-18(2,3)24(23)21-16(14-10-6-4-7-11-14)19(21,20)17(22)15-12-8-5-9-13-15/h4-13,16H,1-3H3/t16-,19+,21?,24?/m1/s1. The number of hydrogen-bond donors (Lipinski definition) is 0. The van der Waals surface area contributed by atoms with Gasteiger partial charge >= 0.3 is 0 Å². The van der Waals surface area contributed by atoms with Crippen molar-refractivity contribution in [3.8, 4) is 0 Å². The highest BCUT2D eigenvalue weighted by atomic mass is 35.5. The van der Waals surface area contributed by atoms with E-state index in [2.05, 4.69) is 0 Å². The van der Waals surface area contributed by atoms with E-state index in [-0.39, 0.29) is 5.78 Å². The Kier molecular flexibility index (Phi) is 4.41. The Bertz CT molecular complexity index is 773. The zero-order valence-electron chi connectivity index (χ0n) is 13.9. The fourth-order valence-electron chi connectivity index (χ4n) is 2.77. The quantitative estimate of drug-likeness (QED) is 0.352. The van der Waals surface area contributed by atoms with Crippen LogP contribution in [0.1, 0.15) is 42.7 Å². The lowest BCUT2D eigenvalue weighted by molar-refractivity contribution is 0.0966. The Labute approximate surface area is 150 Å². The molecular formula is C19H20ClNO2S. The van der Waals surface area contributed by atoms with Gasteiger partial charge in [-0.25, -0.2) is 4.21 Å². The molecule has 5 heteroatoms. The van der Waals surface area contributed by atoms with Crippen molar-refractivity contribution in [3.63, 3.8) is 0 Å². The average molecular weight is 362 g/mol. The van der Waals surface area contributed by atoms with Crippen molar-refractivity contribution >= 4 is 28.4 Å². The minimum atomic E-state index is -1.39. The maximum absolute atomic E-state index is 13.0. The van der Waals surface area contributed by atoms with Gasteiger partial charge in [-0.15, -0.1) is 0 Å². The van der Waals surface area contributed by atoms with E-state index in [9.17, 15) is 9.00 Å². The van der Waals surface area contributed by atoms with Crippen molar-refractivity contribution in [2.45, 2.75) is 36.6 Å². The van der Waals surface area contributed by atoms with Gasteiger partial charge in [0.2, 0.25) is 5.78 Å². The van der Waals surface area contributed by atoms with Gasteiger partial charge in [0.25, 0.3) is 0 Å². The second-order valence-corrected chi connectivity index (χ2v) is 9.56. The number of alkyl halides is 1. The molecule has 1 fully saturated rings. The number of Topliss-reactive ketones (excluding diaryl/α,β-unsaturated/α-hetero) is 1. The third-order valence-corrected chi connectivity index (χ3v) is 6.59. The van der Waals surface area contributed by atoms with Crippen LogP contribution in [0, 0.1) is 0 Å². The van der Waals surface area contributed by atoms with Gasteiger partial charge in [0.1, 0.15) is 11.0 Å². The van der Waals surface area contributed by atoms with Crippen LogP contribution in [0.5, 0.6) is 0 Å². The number of rotatable bonds is 4. The summed E-state index contributed by atoms with van der Waals surface area (Å²) in [5.41, 5.74) is 1.43. The second kappa shape index (κ2) is 6.10. The molecule has 0 N–H and O–H groups in total. The second-order valence-electron chi connectivity index (χ2n) is 6.87.